The van der Waals surface area contributed by atoms with Crippen LogP contribution < -0.4 is 10.6 Å². The van der Waals surface area contributed by atoms with Gasteiger partial charge in [0.15, 0.2) is 0 Å². The molecule has 2 aromatic rings. The Morgan fingerprint density at radius 3 is 2.24 bits per heavy atom. The number of amides is 2. The molecule has 4 nitrogen and oxygen atoms in total. The van der Waals surface area contributed by atoms with Crippen molar-refractivity contribution in [2.75, 3.05) is 10.6 Å². The van der Waals surface area contributed by atoms with Crippen molar-refractivity contribution < 1.29 is 22.8 Å². The van der Waals surface area contributed by atoms with Crippen LogP contribution in [0.5, 0.6) is 0 Å². The molecule has 1 saturated carbocycles. The van der Waals surface area contributed by atoms with Crippen LogP contribution in [0.25, 0.3) is 0 Å². The highest BCUT2D eigenvalue weighted by Gasteiger charge is 2.48. The zero-order chi connectivity index (χ0) is 18.1. The molecule has 2 N–H and O–H groups in total. The SMILES string of the molecule is O=C(Nc1ccc(F)c(Cl)c1)C1CC1C(=O)Nc1ccc(F)cc1F. The highest BCUT2D eigenvalue weighted by Crippen LogP contribution is 2.40. The van der Waals surface area contributed by atoms with E-state index in [1.54, 1.807) is 0 Å². The van der Waals surface area contributed by atoms with E-state index in [2.05, 4.69) is 10.6 Å². The normalized spacial score (nSPS) is 18.6. The van der Waals surface area contributed by atoms with Crippen molar-refractivity contribution in [2.24, 2.45) is 11.8 Å². The fourth-order valence-corrected chi connectivity index (χ4v) is 2.58. The maximum atomic E-state index is 13.5. The molecule has 25 heavy (non-hydrogen) atoms. The molecule has 2 unspecified atom stereocenters. The quantitative estimate of drug-likeness (QED) is 0.858. The summed E-state index contributed by atoms with van der Waals surface area (Å²) in [6.45, 7) is 0. The first-order chi connectivity index (χ1) is 11.8. The van der Waals surface area contributed by atoms with Crippen molar-refractivity contribution in [3.63, 3.8) is 0 Å². The molecular formula is C17H12ClF3N2O2. The molecule has 130 valence electrons. The third kappa shape index (κ3) is 3.93. The van der Waals surface area contributed by atoms with Crippen molar-refractivity contribution in [3.8, 4) is 0 Å². The van der Waals surface area contributed by atoms with Gasteiger partial charge in [0.2, 0.25) is 11.8 Å². The van der Waals surface area contributed by atoms with Gasteiger partial charge in [-0.3, -0.25) is 9.59 Å². The first-order valence-electron chi connectivity index (χ1n) is 7.37. The van der Waals surface area contributed by atoms with Crippen LogP contribution in [0, 0.1) is 29.3 Å². The number of anilines is 2. The molecule has 0 radical (unpaired) electrons. The number of benzene rings is 2. The molecule has 0 heterocycles. The lowest BCUT2D eigenvalue weighted by molar-refractivity contribution is -0.122. The average Bonchev–Trinajstić information content (AvgIpc) is 3.34. The summed E-state index contributed by atoms with van der Waals surface area (Å²) >= 11 is 5.64. The summed E-state index contributed by atoms with van der Waals surface area (Å²) in [7, 11) is 0. The maximum absolute atomic E-state index is 13.5. The predicted molar refractivity (Wildman–Crippen MR) is 86.6 cm³/mol. The number of carbonyl (C=O) groups is 2. The summed E-state index contributed by atoms with van der Waals surface area (Å²) in [5.74, 6) is -4.38. The van der Waals surface area contributed by atoms with Crippen LogP contribution in [0.2, 0.25) is 5.02 Å². The van der Waals surface area contributed by atoms with Gasteiger partial charge in [-0.05, 0) is 36.8 Å². The number of hydrogen-bond donors (Lipinski definition) is 2. The average molecular weight is 369 g/mol. The monoisotopic (exact) mass is 368 g/mol. The standard InChI is InChI=1S/C17H12ClF3N2O2/c18-12-6-9(2-3-13(12)20)22-16(24)10-7-11(10)17(25)23-15-4-1-8(19)5-14(15)21/h1-6,10-11H,7H2,(H,22,24)(H,23,25). The summed E-state index contributed by atoms with van der Waals surface area (Å²) in [4.78, 5) is 24.2. The third-order valence-electron chi connectivity index (χ3n) is 3.84. The molecule has 2 atom stereocenters. The number of halogens is 4. The molecule has 8 heteroatoms. The van der Waals surface area contributed by atoms with Crippen LogP contribution >= 0.6 is 11.6 Å². The van der Waals surface area contributed by atoms with Gasteiger partial charge in [0.1, 0.15) is 17.5 Å². The molecule has 0 bridgehead atoms. The maximum Gasteiger partial charge on any atom is 0.228 e. The van der Waals surface area contributed by atoms with Gasteiger partial charge in [-0.15, -0.1) is 0 Å². The Morgan fingerprint density at radius 1 is 0.920 bits per heavy atom. The van der Waals surface area contributed by atoms with E-state index in [1.165, 1.54) is 12.1 Å². The minimum Gasteiger partial charge on any atom is -0.326 e. The van der Waals surface area contributed by atoms with Gasteiger partial charge in [-0.1, -0.05) is 11.6 Å². The van der Waals surface area contributed by atoms with Gasteiger partial charge in [-0.25, -0.2) is 13.2 Å². The molecular weight excluding hydrogens is 357 g/mol. The Kier molecular flexibility index (Phi) is 4.67. The first-order valence-corrected chi connectivity index (χ1v) is 7.75. The van der Waals surface area contributed by atoms with E-state index in [0.717, 1.165) is 18.2 Å². The zero-order valence-corrected chi connectivity index (χ0v) is 13.4. The van der Waals surface area contributed by atoms with E-state index in [0.29, 0.717) is 18.2 Å². The number of hydrogen-bond acceptors (Lipinski definition) is 2. The smallest absolute Gasteiger partial charge is 0.228 e. The van der Waals surface area contributed by atoms with Crippen LogP contribution in [-0.2, 0) is 9.59 Å². The minimum atomic E-state index is -0.893. The molecule has 0 spiro atoms. The Hall–Kier alpha value is -2.54. The van der Waals surface area contributed by atoms with Crippen molar-refractivity contribution in [1.29, 1.82) is 0 Å². The van der Waals surface area contributed by atoms with Gasteiger partial charge >= 0.3 is 0 Å². The highest BCUT2D eigenvalue weighted by molar-refractivity contribution is 6.31. The van der Waals surface area contributed by atoms with E-state index in [-0.39, 0.29) is 10.7 Å². The fourth-order valence-electron chi connectivity index (χ4n) is 2.40. The molecule has 1 aliphatic carbocycles. The second-order valence-corrected chi connectivity index (χ2v) is 6.09. The van der Waals surface area contributed by atoms with Gasteiger partial charge in [-0.2, -0.15) is 0 Å². The van der Waals surface area contributed by atoms with Crippen molar-refractivity contribution in [1.82, 2.24) is 0 Å². The minimum absolute atomic E-state index is 0.130. The van der Waals surface area contributed by atoms with Crippen molar-refractivity contribution in [3.05, 3.63) is 58.9 Å². The van der Waals surface area contributed by atoms with Crippen LogP contribution in [0.1, 0.15) is 6.42 Å². The number of rotatable bonds is 4. The predicted octanol–water partition coefficient (Wildman–Crippen LogP) is 3.97. The molecule has 2 amide bonds. The Labute approximate surface area is 146 Å². The second kappa shape index (κ2) is 6.76. The van der Waals surface area contributed by atoms with Crippen molar-refractivity contribution in [2.45, 2.75) is 6.42 Å². The summed E-state index contributed by atoms with van der Waals surface area (Å²) in [6, 6.07) is 6.52. The molecule has 0 aliphatic heterocycles. The summed E-state index contributed by atoms with van der Waals surface area (Å²) < 4.78 is 39.5. The summed E-state index contributed by atoms with van der Waals surface area (Å²) in [5.41, 5.74) is 0.162. The van der Waals surface area contributed by atoms with E-state index in [9.17, 15) is 22.8 Å². The van der Waals surface area contributed by atoms with Crippen LogP contribution in [-0.4, -0.2) is 11.8 Å². The lowest BCUT2D eigenvalue weighted by Gasteiger charge is -2.07. The van der Waals surface area contributed by atoms with Gasteiger partial charge in [0.05, 0.1) is 22.5 Å². The number of carbonyl (C=O) groups excluding carboxylic acids is 2. The molecule has 2 aromatic carbocycles. The second-order valence-electron chi connectivity index (χ2n) is 5.68. The van der Waals surface area contributed by atoms with Gasteiger partial charge in [0, 0.05) is 11.8 Å². The highest BCUT2D eigenvalue weighted by atomic mass is 35.5. The lowest BCUT2D eigenvalue weighted by atomic mass is 10.2. The Balaban J connectivity index is 1.58. The number of nitrogens with one attached hydrogen (secondary N) is 2. The molecule has 0 saturated heterocycles. The molecule has 0 aromatic heterocycles. The van der Waals surface area contributed by atoms with Crippen LogP contribution in [0.4, 0.5) is 24.5 Å². The lowest BCUT2D eigenvalue weighted by Crippen LogP contribution is -2.21. The molecule has 1 aliphatic rings. The fraction of sp³-hybridized carbons (Fsp3) is 0.176. The third-order valence-corrected chi connectivity index (χ3v) is 4.13. The summed E-state index contributed by atoms with van der Waals surface area (Å²) in [5, 5.41) is 4.75. The van der Waals surface area contributed by atoms with Crippen LogP contribution in [0.15, 0.2) is 36.4 Å². The molecule has 1 fully saturated rings. The van der Waals surface area contributed by atoms with Gasteiger partial charge < -0.3 is 10.6 Å². The van der Waals surface area contributed by atoms with Gasteiger partial charge in [0.25, 0.3) is 0 Å². The Bertz CT molecular complexity index is 860. The Morgan fingerprint density at radius 2 is 1.60 bits per heavy atom. The zero-order valence-electron chi connectivity index (χ0n) is 12.7. The first kappa shape index (κ1) is 17.3. The summed E-state index contributed by atoms with van der Waals surface area (Å²) in [6.07, 6.45) is 0.301. The van der Waals surface area contributed by atoms with E-state index in [4.69, 9.17) is 11.6 Å². The van der Waals surface area contributed by atoms with Crippen molar-refractivity contribution >= 4 is 34.8 Å². The van der Waals surface area contributed by atoms with E-state index >= 15 is 0 Å². The van der Waals surface area contributed by atoms with E-state index in [1.807, 2.05) is 0 Å². The van der Waals surface area contributed by atoms with Crippen LogP contribution in [0.3, 0.4) is 0 Å². The largest absolute Gasteiger partial charge is 0.326 e. The topological polar surface area (TPSA) is 58.2 Å². The molecule has 3 rings (SSSR count). The van der Waals surface area contributed by atoms with E-state index < -0.39 is 41.1 Å².